The van der Waals surface area contributed by atoms with Gasteiger partial charge in [0.1, 0.15) is 0 Å². The molecule has 0 aromatic heterocycles. The van der Waals surface area contributed by atoms with Crippen LogP contribution in [0.15, 0.2) is 0 Å². The average Bonchev–Trinajstić information content (AvgIpc) is 2.29. The summed E-state index contributed by atoms with van der Waals surface area (Å²) in [6, 6.07) is 0. The Morgan fingerprint density at radius 1 is 0.938 bits per heavy atom. The fraction of sp³-hybridized carbons (Fsp3) is 1.00. The second-order valence-electron chi connectivity index (χ2n) is 4.66. The van der Waals surface area contributed by atoms with E-state index in [-0.39, 0.29) is 6.61 Å². The van der Waals surface area contributed by atoms with Gasteiger partial charge in [0.05, 0.1) is 13.2 Å². The van der Waals surface area contributed by atoms with Crippen LogP contribution in [0, 0.1) is 5.92 Å². The first-order valence-electron chi connectivity index (χ1n) is 7.03. The Bertz CT molecular complexity index is 126. The van der Waals surface area contributed by atoms with Gasteiger partial charge in [0, 0.05) is 6.61 Å². The second-order valence-corrected chi connectivity index (χ2v) is 4.66. The average molecular weight is 230 g/mol. The van der Waals surface area contributed by atoms with Crippen molar-refractivity contribution < 1.29 is 9.84 Å². The molecule has 1 unspecified atom stereocenters. The van der Waals surface area contributed by atoms with Crippen molar-refractivity contribution in [3.63, 3.8) is 0 Å². The molecule has 0 spiro atoms. The molecule has 0 radical (unpaired) electrons. The van der Waals surface area contributed by atoms with Crippen molar-refractivity contribution in [2.24, 2.45) is 5.92 Å². The van der Waals surface area contributed by atoms with Crippen LogP contribution in [0.3, 0.4) is 0 Å². The topological polar surface area (TPSA) is 29.5 Å². The van der Waals surface area contributed by atoms with Crippen molar-refractivity contribution in [3.8, 4) is 0 Å². The highest BCUT2D eigenvalue weighted by molar-refractivity contribution is 4.58. The van der Waals surface area contributed by atoms with Gasteiger partial charge in [-0.3, -0.25) is 0 Å². The first kappa shape index (κ1) is 15.9. The first-order valence-corrected chi connectivity index (χ1v) is 7.03. The Balaban J connectivity index is 3.43. The third kappa shape index (κ3) is 10.4. The summed E-state index contributed by atoms with van der Waals surface area (Å²) < 4.78 is 5.43. The number of hydrogen-bond donors (Lipinski definition) is 1. The Labute approximate surface area is 101 Å². The number of unbranched alkanes of at least 4 members (excludes halogenated alkanes) is 4. The van der Waals surface area contributed by atoms with E-state index in [1.165, 1.54) is 51.4 Å². The molecular weight excluding hydrogens is 200 g/mol. The molecule has 0 rings (SSSR count). The molecule has 0 bridgehead atoms. The van der Waals surface area contributed by atoms with E-state index in [1.54, 1.807) is 0 Å². The lowest BCUT2D eigenvalue weighted by molar-refractivity contribution is 0.0625. The first-order chi connectivity index (χ1) is 7.85. The SMILES string of the molecule is CCCCCCCC(CCC)COCCO. The standard InChI is InChI=1S/C14H30O2/c1-3-5-6-7-8-10-14(9-4-2)13-16-12-11-15/h14-15H,3-13H2,1-2H3. The van der Waals surface area contributed by atoms with E-state index >= 15 is 0 Å². The van der Waals surface area contributed by atoms with Crippen LogP contribution in [-0.4, -0.2) is 24.9 Å². The molecule has 0 aliphatic rings. The second kappa shape index (κ2) is 13.0. The maximum absolute atomic E-state index is 8.66. The maximum Gasteiger partial charge on any atom is 0.0697 e. The lowest BCUT2D eigenvalue weighted by Gasteiger charge is -2.15. The van der Waals surface area contributed by atoms with E-state index in [4.69, 9.17) is 9.84 Å². The van der Waals surface area contributed by atoms with Crippen molar-refractivity contribution in [1.29, 1.82) is 0 Å². The Hall–Kier alpha value is -0.0800. The quantitative estimate of drug-likeness (QED) is 0.517. The van der Waals surface area contributed by atoms with Crippen molar-refractivity contribution in [3.05, 3.63) is 0 Å². The van der Waals surface area contributed by atoms with Gasteiger partial charge in [-0.15, -0.1) is 0 Å². The van der Waals surface area contributed by atoms with E-state index in [0.717, 1.165) is 6.61 Å². The summed E-state index contributed by atoms with van der Waals surface area (Å²) in [6.45, 7) is 5.96. The van der Waals surface area contributed by atoms with Gasteiger partial charge in [0.2, 0.25) is 0 Å². The predicted octanol–water partition coefficient (Wildman–Crippen LogP) is 3.77. The van der Waals surface area contributed by atoms with Crippen molar-refractivity contribution >= 4 is 0 Å². The molecule has 0 amide bonds. The normalized spacial score (nSPS) is 12.9. The van der Waals surface area contributed by atoms with Crippen LogP contribution < -0.4 is 0 Å². The van der Waals surface area contributed by atoms with Crippen LogP contribution >= 0.6 is 0 Å². The largest absolute Gasteiger partial charge is 0.394 e. The van der Waals surface area contributed by atoms with Gasteiger partial charge < -0.3 is 9.84 Å². The van der Waals surface area contributed by atoms with Crippen molar-refractivity contribution in [2.45, 2.75) is 65.2 Å². The van der Waals surface area contributed by atoms with Gasteiger partial charge in [0.25, 0.3) is 0 Å². The lowest BCUT2D eigenvalue weighted by Crippen LogP contribution is -2.11. The van der Waals surface area contributed by atoms with E-state index in [2.05, 4.69) is 13.8 Å². The third-order valence-corrected chi connectivity index (χ3v) is 3.00. The van der Waals surface area contributed by atoms with E-state index in [1.807, 2.05) is 0 Å². The summed E-state index contributed by atoms with van der Waals surface area (Å²) in [6.07, 6.45) is 10.6. The van der Waals surface area contributed by atoms with E-state index in [9.17, 15) is 0 Å². The highest BCUT2D eigenvalue weighted by atomic mass is 16.5. The highest BCUT2D eigenvalue weighted by Crippen LogP contribution is 2.16. The van der Waals surface area contributed by atoms with Crippen molar-refractivity contribution in [1.82, 2.24) is 0 Å². The van der Waals surface area contributed by atoms with Crippen LogP contribution in [0.2, 0.25) is 0 Å². The van der Waals surface area contributed by atoms with E-state index < -0.39 is 0 Å². The summed E-state index contributed by atoms with van der Waals surface area (Å²) in [5.41, 5.74) is 0. The molecule has 1 atom stereocenters. The third-order valence-electron chi connectivity index (χ3n) is 3.00. The van der Waals surface area contributed by atoms with Gasteiger partial charge in [-0.05, 0) is 18.8 Å². The van der Waals surface area contributed by atoms with Crippen LogP contribution in [0.1, 0.15) is 65.2 Å². The molecule has 0 aromatic rings. The monoisotopic (exact) mass is 230 g/mol. The molecule has 0 fully saturated rings. The molecule has 0 saturated heterocycles. The van der Waals surface area contributed by atoms with Gasteiger partial charge in [-0.2, -0.15) is 0 Å². The van der Waals surface area contributed by atoms with Gasteiger partial charge in [0.15, 0.2) is 0 Å². The molecule has 0 saturated carbocycles. The Morgan fingerprint density at radius 2 is 1.69 bits per heavy atom. The molecular formula is C14H30O2. The molecule has 2 heteroatoms. The minimum absolute atomic E-state index is 0.148. The lowest BCUT2D eigenvalue weighted by atomic mass is 9.97. The summed E-state index contributed by atoms with van der Waals surface area (Å²) in [4.78, 5) is 0. The van der Waals surface area contributed by atoms with Gasteiger partial charge in [-0.1, -0.05) is 52.4 Å². The Kier molecular flexibility index (Phi) is 12.9. The van der Waals surface area contributed by atoms with Gasteiger partial charge >= 0.3 is 0 Å². The summed E-state index contributed by atoms with van der Waals surface area (Å²) in [5.74, 6) is 0.707. The number of rotatable bonds is 12. The molecule has 1 N–H and O–H groups in total. The molecule has 2 nitrogen and oxygen atoms in total. The Morgan fingerprint density at radius 3 is 2.31 bits per heavy atom. The van der Waals surface area contributed by atoms with Crippen LogP contribution in [-0.2, 0) is 4.74 Å². The van der Waals surface area contributed by atoms with Crippen LogP contribution in [0.4, 0.5) is 0 Å². The maximum atomic E-state index is 8.66. The van der Waals surface area contributed by atoms with Gasteiger partial charge in [-0.25, -0.2) is 0 Å². The summed E-state index contributed by atoms with van der Waals surface area (Å²) in [7, 11) is 0. The highest BCUT2D eigenvalue weighted by Gasteiger charge is 2.07. The summed E-state index contributed by atoms with van der Waals surface area (Å²) in [5, 5.41) is 8.66. The molecule has 0 aliphatic heterocycles. The zero-order valence-corrected chi connectivity index (χ0v) is 11.2. The molecule has 0 aromatic carbocycles. The fourth-order valence-electron chi connectivity index (χ4n) is 2.07. The van der Waals surface area contributed by atoms with Crippen molar-refractivity contribution in [2.75, 3.05) is 19.8 Å². The minimum atomic E-state index is 0.148. The zero-order valence-electron chi connectivity index (χ0n) is 11.2. The molecule has 0 aliphatic carbocycles. The zero-order chi connectivity index (χ0) is 12.1. The number of aliphatic hydroxyl groups excluding tert-OH is 1. The summed E-state index contributed by atoms with van der Waals surface area (Å²) >= 11 is 0. The van der Waals surface area contributed by atoms with E-state index in [0.29, 0.717) is 12.5 Å². The molecule has 98 valence electrons. The molecule has 16 heavy (non-hydrogen) atoms. The number of ether oxygens (including phenoxy) is 1. The van der Waals surface area contributed by atoms with Crippen LogP contribution in [0.5, 0.6) is 0 Å². The minimum Gasteiger partial charge on any atom is -0.394 e. The molecule has 0 heterocycles. The number of aliphatic hydroxyl groups is 1. The fourth-order valence-corrected chi connectivity index (χ4v) is 2.07. The predicted molar refractivity (Wildman–Crippen MR) is 69.7 cm³/mol. The van der Waals surface area contributed by atoms with Crippen LogP contribution in [0.25, 0.3) is 0 Å². The number of hydrogen-bond acceptors (Lipinski definition) is 2. The smallest absolute Gasteiger partial charge is 0.0697 e.